The molecule has 3 aliphatic rings. The highest BCUT2D eigenvalue weighted by Crippen LogP contribution is 2.43. The van der Waals surface area contributed by atoms with Crippen LogP contribution in [0.4, 0.5) is 5.69 Å². The minimum atomic E-state index is -0.939. The molecule has 1 saturated heterocycles. The summed E-state index contributed by atoms with van der Waals surface area (Å²) in [6, 6.07) is 12.3. The standard InChI is InChI=1S/C33H33N3O7/c1-6-34-25-16-27-23(13-18(25)4)31(24-14-19(5)26(35-7-2)17-28(24)42-27)21-10-9-20(15-22(21)33(40)41-8-3)32(39)43-36-29(37)11-12-30(36)38/h9-10,13-17,34H,6-8,11-12H2,1-5H3. The number of aryl methyl sites for hydroxylation is 2. The lowest BCUT2D eigenvalue weighted by atomic mass is 9.88. The quantitative estimate of drug-likeness (QED) is 0.162. The molecule has 2 aromatic carbocycles. The van der Waals surface area contributed by atoms with E-state index in [9.17, 15) is 19.2 Å². The number of imide groups is 1. The zero-order chi connectivity index (χ0) is 30.8. The van der Waals surface area contributed by atoms with Crippen LogP contribution in [0.2, 0.25) is 0 Å². The van der Waals surface area contributed by atoms with Gasteiger partial charge < -0.3 is 19.3 Å². The van der Waals surface area contributed by atoms with Gasteiger partial charge in [-0.25, -0.2) is 9.59 Å². The van der Waals surface area contributed by atoms with Crippen LogP contribution in [0.25, 0.3) is 33.4 Å². The van der Waals surface area contributed by atoms with Crippen LogP contribution in [-0.4, -0.2) is 48.5 Å². The second-order valence-electron chi connectivity index (χ2n) is 10.2. The van der Waals surface area contributed by atoms with Gasteiger partial charge in [0.1, 0.15) is 11.3 Å². The molecule has 222 valence electrons. The van der Waals surface area contributed by atoms with Crippen LogP contribution < -0.4 is 10.7 Å². The number of nitrogens with zero attached hydrogens (tertiary/aromatic N) is 2. The van der Waals surface area contributed by atoms with Crippen LogP contribution in [0.5, 0.6) is 0 Å². The number of amides is 2. The smallest absolute Gasteiger partial charge is 0.363 e. The van der Waals surface area contributed by atoms with Crippen molar-refractivity contribution in [2.24, 2.45) is 4.99 Å². The predicted molar refractivity (Wildman–Crippen MR) is 160 cm³/mol. The van der Waals surface area contributed by atoms with E-state index >= 15 is 0 Å². The molecule has 0 saturated carbocycles. The van der Waals surface area contributed by atoms with Crippen LogP contribution in [0.3, 0.4) is 0 Å². The lowest BCUT2D eigenvalue weighted by Crippen LogP contribution is -2.32. The molecule has 43 heavy (non-hydrogen) atoms. The Hall–Kier alpha value is -4.99. The SMILES string of the molecule is CCN=c1cc2oc3cc(NCC)c(C)cc3c(-c3ccc(C(=O)ON4C(=O)CCC4=O)cc3C(=O)OCC)c-2cc1C. The maximum Gasteiger partial charge on any atom is 0.363 e. The number of ether oxygens (including phenoxy) is 1. The Kier molecular flexibility index (Phi) is 8.29. The lowest BCUT2D eigenvalue weighted by Gasteiger charge is -2.20. The van der Waals surface area contributed by atoms with Crippen molar-refractivity contribution >= 4 is 40.4 Å². The average molecular weight is 584 g/mol. The Morgan fingerprint density at radius 3 is 2.35 bits per heavy atom. The number of anilines is 1. The first-order valence-electron chi connectivity index (χ1n) is 14.3. The highest BCUT2D eigenvalue weighted by Gasteiger charge is 2.33. The third kappa shape index (κ3) is 5.60. The molecule has 2 heterocycles. The largest absolute Gasteiger partial charge is 0.462 e. The van der Waals surface area contributed by atoms with E-state index in [0.717, 1.165) is 45.2 Å². The van der Waals surface area contributed by atoms with Gasteiger partial charge in [-0.15, -0.1) is 5.06 Å². The molecule has 0 spiro atoms. The minimum absolute atomic E-state index is 0.0145. The fraction of sp³-hybridized carbons (Fsp3) is 0.303. The molecule has 0 aromatic heterocycles. The molecule has 5 rings (SSSR count). The normalized spacial score (nSPS) is 13.7. The van der Waals surface area contributed by atoms with Crippen LogP contribution in [0.15, 0.2) is 51.9 Å². The molecule has 10 heteroatoms. The van der Waals surface area contributed by atoms with Gasteiger partial charge in [0.25, 0.3) is 11.8 Å². The van der Waals surface area contributed by atoms with Crippen molar-refractivity contribution in [2.45, 2.75) is 47.5 Å². The highest BCUT2D eigenvalue weighted by molar-refractivity contribution is 6.10. The summed E-state index contributed by atoms with van der Waals surface area (Å²) in [6.45, 7) is 11.1. The summed E-state index contributed by atoms with van der Waals surface area (Å²) in [6.07, 6.45) is -0.0557. The topological polar surface area (TPSA) is 128 Å². The van der Waals surface area contributed by atoms with E-state index in [0.29, 0.717) is 28.5 Å². The average Bonchev–Trinajstić information content (AvgIpc) is 3.29. The number of hydroxylamine groups is 2. The van der Waals surface area contributed by atoms with Gasteiger partial charge in [-0.3, -0.25) is 14.6 Å². The van der Waals surface area contributed by atoms with Crippen molar-refractivity contribution in [3.8, 4) is 22.5 Å². The maximum atomic E-state index is 13.4. The summed E-state index contributed by atoms with van der Waals surface area (Å²) in [7, 11) is 0. The second kappa shape index (κ2) is 12.1. The number of hydrogen-bond donors (Lipinski definition) is 1. The predicted octanol–water partition coefficient (Wildman–Crippen LogP) is 5.57. The summed E-state index contributed by atoms with van der Waals surface area (Å²) >= 11 is 0. The number of esters is 1. The third-order valence-electron chi connectivity index (χ3n) is 7.28. The number of hydrogen-bond acceptors (Lipinski definition) is 9. The molecule has 1 aliphatic carbocycles. The van der Waals surface area contributed by atoms with Gasteiger partial charge in [0.15, 0.2) is 0 Å². The first kappa shape index (κ1) is 29.5. The van der Waals surface area contributed by atoms with Gasteiger partial charge >= 0.3 is 11.9 Å². The second-order valence-corrected chi connectivity index (χ2v) is 10.2. The molecule has 0 unspecified atom stereocenters. The van der Waals surface area contributed by atoms with Gasteiger partial charge in [-0.1, -0.05) is 6.07 Å². The van der Waals surface area contributed by atoms with Crippen molar-refractivity contribution < 1.29 is 33.2 Å². The third-order valence-corrected chi connectivity index (χ3v) is 7.28. The summed E-state index contributed by atoms with van der Waals surface area (Å²) in [5, 5.41) is 5.41. The van der Waals surface area contributed by atoms with Gasteiger partial charge in [-0.2, -0.15) is 0 Å². The Morgan fingerprint density at radius 1 is 0.930 bits per heavy atom. The van der Waals surface area contributed by atoms with Crippen LogP contribution in [0.1, 0.15) is 65.5 Å². The van der Waals surface area contributed by atoms with E-state index in [1.807, 2.05) is 52.0 Å². The molecule has 0 atom stereocenters. The van der Waals surface area contributed by atoms with Crippen LogP contribution in [-0.2, 0) is 19.2 Å². The van der Waals surface area contributed by atoms with Crippen molar-refractivity contribution in [1.82, 2.24) is 5.06 Å². The van der Waals surface area contributed by atoms with Crippen molar-refractivity contribution in [1.29, 1.82) is 0 Å². The summed E-state index contributed by atoms with van der Waals surface area (Å²) in [4.78, 5) is 60.2. The zero-order valence-corrected chi connectivity index (χ0v) is 24.8. The number of nitrogens with one attached hydrogen (secondary N) is 1. The highest BCUT2D eigenvalue weighted by atomic mass is 16.7. The number of carbonyl (C=O) groups is 4. The van der Waals surface area contributed by atoms with Gasteiger partial charge in [0.2, 0.25) is 0 Å². The number of benzene rings is 3. The fourth-order valence-electron chi connectivity index (χ4n) is 5.26. The first-order chi connectivity index (χ1) is 20.7. The number of carbonyl (C=O) groups excluding carboxylic acids is 4. The Balaban J connectivity index is 1.77. The molecular weight excluding hydrogens is 550 g/mol. The van der Waals surface area contributed by atoms with E-state index in [1.165, 1.54) is 12.1 Å². The minimum Gasteiger partial charge on any atom is -0.462 e. The fourth-order valence-corrected chi connectivity index (χ4v) is 5.26. The van der Waals surface area contributed by atoms with E-state index < -0.39 is 23.8 Å². The molecule has 10 nitrogen and oxygen atoms in total. The lowest BCUT2D eigenvalue weighted by molar-refractivity contribution is -0.172. The van der Waals surface area contributed by atoms with E-state index in [2.05, 4.69) is 10.3 Å². The van der Waals surface area contributed by atoms with E-state index in [4.69, 9.17) is 14.0 Å². The van der Waals surface area contributed by atoms with Crippen LogP contribution >= 0.6 is 0 Å². The summed E-state index contributed by atoms with van der Waals surface area (Å²) in [5.41, 5.74) is 5.54. The number of rotatable bonds is 8. The van der Waals surface area contributed by atoms with Gasteiger partial charge in [0.05, 0.1) is 23.1 Å². The summed E-state index contributed by atoms with van der Waals surface area (Å²) in [5.74, 6) is -2.19. The monoisotopic (exact) mass is 583 g/mol. The molecule has 0 bridgehead atoms. The molecule has 1 N–H and O–H groups in total. The van der Waals surface area contributed by atoms with Gasteiger partial charge in [0, 0.05) is 60.3 Å². The zero-order valence-electron chi connectivity index (χ0n) is 24.8. The van der Waals surface area contributed by atoms with Crippen LogP contribution in [0, 0.1) is 13.8 Å². The molecule has 0 radical (unpaired) electrons. The Bertz CT molecular complexity index is 1810. The van der Waals surface area contributed by atoms with Crippen molar-refractivity contribution in [3.63, 3.8) is 0 Å². The molecule has 1 fully saturated rings. The molecular formula is C33H33N3O7. The summed E-state index contributed by atoms with van der Waals surface area (Å²) < 4.78 is 11.8. The first-order valence-corrected chi connectivity index (χ1v) is 14.3. The van der Waals surface area contributed by atoms with E-state index in [-0.39, 0.29) is 30.6 Å². The van der Waals surface area contributed by atoms with Gasteiger partial charge in [-0.05, 0) is 75.6 Å². The number of fused-ring (bicyclic) bond motifs is 2. The molecule has 2 aromatic rings. The molecule has 2 amide bonds. The van der Waals surface area contributed by atoms with E-state index in [1.54, 1.807) is 13.0 Å². The van der Waals surface area contributed by atoms with Crippen molar-refractivity contribution in [2.75, 3.05) is 25.0 Å². The maximum absolute atomic E-state index is 13.4. The molecule has 2 aliphatic heterocycles. The Morgan fingerprint density at radius 2 is 1.67 bits per heavy atom. The Labute approximate surface area is 248 Å². The van der Waals surface area contributed by atoms with Crippen molar-refractivity contribution in [3.05, 3.63) is 70.1 Å².